The minimum atomic E-state index is -0.479. The molecule has 0 atom stereocenters. The quantitative estimate of drug-likeness (QED) is 0.259. The van der Waals surface area contributed by atoms with E-state index in [1.807, 2.05) is 30.3 Å². The number of nitrogens with zero attached hydrogens (tertiary/aromatic N) is 1. The van der Waals surface area contributed by atoms with Crippen LogP contribution < -0.4 is 19.6 Å². The number of fused-ring (bicyclic) bond motifs is 1. The van der Waals surface area contributed by atoms with Crippen LogP contribution in [0.25, 0.3) is 10.8 Å². The van der Waals surface area contributed by atoms with E-state index in [0.29, 0.717) is 32.8 Å². The molecule has 1 amide bonds. The van der Waals surface area contributed by atoms with Crippen molar-refractivity contribution in [3.05, 3.63) is 64.1 Å². The van der Waals surface area contributed by atoms with Gasteiger partial charge in [-0.1, -0.05) is 24.3 Å². The average Bonchev–Trinajstić information content (AvgIpc) is 2.82. The van der Waals surface area contributed by atoms with Crippen molar-refractivity contribution in [2.24, 2.45) is 5.10 Å². The highest BCUT2D eigenvalue weighted by Crippen LogP contribution is 2.33. The molecule has 0 aliphatic rings. The van der Waals surface area contributed by atoms with Crippen molar-refractivity contribution < 1.29 is 28.5 Å². The van der Waals surface area contributed by atoms with Gasteiger partial charge in [0.1, 0.15) is 5.75 Å². The predicted octanol–water partition coefficient (Wildman–Crippen LogP) is 4.33. The van der Waals surface area contributed by atoms with Crippen molar-refractivity contribution in [2.45, 2.75) is 6.92 Å². The lowest BCUT2D eigenvalue weighted by molar-refractivity contribution is -0.145. The van der Waals surface area contributed by atoms with Gasteiger partial charge in [0.25, 0.3) is 5.91 Å². The highest BCUT2D eigenvalue weighted by molar-refractivity contribution is 9.10. The largest absolute Gasteiger partial charge is 0.496 e. The zero-order valence-corrected chi connectivity index (χ0v) is 20.0. The number of hydrogen-bond donors (Lipinski definition) is 1. The van der Waals surface area contributed by atoms with E-state index in [1.54, 1.807) is 25.1 Å². The topological polar surface area (TPSA) is 95.5 Å². The van der Waals surface area contributed by atoms with Crippen molar-refractivity contribution >= 4 is 44.8 Å². The van der Waals surface area contributed by atoms with Crippen LogP contribution in [0.1, 0.15) is 22.8 Å². The molecule has 0 radical (unpaired) electrons. The molecule has 3 rings (SSSR count). The van der Waals surface area contributed by atoms with Gasteiger partial charge < -0.3 is 18.9 Å². The first-order valence-electron chi connectivity index (χ1n) is 10.0. The summed E-state index contributed by atoms with van der Waals surface area (Å²) in [6.45, 7) is 1.75. The van der Waals surface area contributed by atoms with Crippen LogP contribution in [0.15, 0.2) is 58.1 Å². The fourth-order valence-electron chi connectivity index (χ4n) is 3.05. The molecule has 0 saturated carbocycles. The number of hydrazone groups is 1. The molecule has 0 fully saturated rings. The number of carbonyl (C=O) groups is 2. The zero-order chi connectivity index (χ0) is 23.8. The highest BCUT2D eigenvalue weighted by Gasteiger charge is 2.14. The third-order valence-electron chi connectivity index (χ3n) is 4.62. The fraction of sp³-hybridized carbons (Fsp3) is 0.208. The summed E-state index contributed by atoms with van der Waals surface area (Å²) in [5, 5.41) is 5.94. The molecule has 9 heteroatoms. The maximum Gasteiger partial charge on any atom is 0.344 e. The lowest BCUT2D eigenvalue weighted by atomic mass is 10.1. The Labute approximate surface area is 199 Å². The van der Waals surface area contributed by atoms with Crippen LogP contribution in [0, 0.1) is 0 Å². The van der Waals surface area contributed by atoms with E-state index in [1.165, 1.54) is 20.4 Å². The third kappa shape index (κ3) is 6.01. The summed E-state index contributed by atoms with van der Waals surface area (Å²) >= 11 is 3.43. The Morgan fingerprint density at radius 1 is 1.00 bits per heavy atom. The lowest BCUT2D eigenvalue weighted by Gasteiger charge is -2.12. The molecule has 0 aromatic heterocycles. The standard InChI is InChI=1S/C24H23BrN2O6/c1-4-32-23(28)14-33-22-12-19(25)17(11-21(22)31-3)13-26-27-24(29)18-9-15-7-5-6-8-16(15)10-20(18)30-2/h5-13H,4,14H2,1-3H3,(H,27,29)/b26-13-. The van der Waals surface area contributed by atoms with Gasteiger partial charge in [0.05, 0.1) is 32.6 Å². The SMILES string of the molecule is CCOC(=O)COc1cc(Br)c(/C=N\NC(=O)c2cc3ccccc3cc2OC)cc1OC. The smallest absolute Gasteiger partial charge is 0.344 e. The molecule has 33 heavy (non-hydrogen) atoms. The second-order valence-electron chi connectivity index (χ2n) is 6.72. The number of ether oxygens (including phenoxy) is 4. The number of rotatable bonds is 9. The summed E-state index contributed by atoms with van der Waals surface area (Å²) in [6, 6.07) is 14.6. The molecule has 8 nitrogen and oxygen atoms in total. The van der Waals surface area contributed by atoms with Crippen LogP contribution in [-0.2, 0) is 9.53 Å². The van der Waals surface area contributed by atoms with Gasteiger partial charge in [-0.05, 0) is 57.9 Å². The summed E-state index contributed by atoms with van der Waals surface area (Å²) in [7, 11) is 2.99. The number of nitrogens with one attached hydrogen (secondary N) is 1. The van der Waals surface area contributed by atoms with Gasteiger partial charge in [-0.2, -0.15) is 5.10 Å². The van der Waals surface area contributed by atoms with Crippen molar-refractivity contribution in [3.63, 3.8) is 0 Å². The molecule has 0 bridgehead atoms. The molecule has 3 aromatic rings. The van der Waals surface area contributed by atoms with Gasteiger partial charge in [-0.15, -0.1) is 0 Å². The second-order valence-corrected chi connectivity index (χ2v) is 7.57. The zero-order valence-electron chi connectivity index (χ0n) is 18.4. The van der Waals surface area contributed by atoms with E-state index in [4.69, 9.17) is 18.9 Å². The van der Waals surface area contributed by atoms with Gasteiger partial charge in [-0.25, -0.2) is 10.2 Å². The van der Waals surface area contributed by atoms with Gasteiger partial charge in [0.15, 0.2) is 18.1 Å². The average molecular weight is 515 g/mol. The van der Waals surface area contributed by atoms with Crippen molar-refractivity contribution in [1.82, 2.24) is 5.43 Å². The summed E-state index contributed by atoms with van der Waals surface area (Å²) in [6.07, 6.45) is 1.47. The Morgan fingerprint density at radius 2 is 1.70 bits per heavy atom. The minimum Gasteiger partial charge on any atom is -0.496 e. The molecular formula is C24H23BrN2O6. The number of hydrogen-bond acceptors (Lipinski definition) is 7. The molecule has 3 aromatic carbocycles. The number of methoxy groups -OCH3 is 2. The Morgan fingerprint density at radius 3 is 2.36 bits per heavy atom. The van der Waals surface area contributed by atoms with Crippen molar-refractivity contribution in [2.75, 3.05) is 27.4 Å². The van der Waals surface area contributed by atoms with E-state index < -0.39 is 11.9 Å². The molecule has 0 aliphatic heterocycles. The Balaban J connectivity index is 1.75. The van der Waals surface area contributed by atoms with Gasteiger partial charge >= 0.3 is 5.97 Å². The molecule has 0 aliphatic carbocycles. The summed E-state index contributed by atoms with van der Waals surface area (Å²) in [5.41, 5.74) is 3.51. The molecule has 0 saturated heterocycles. The normalized spacial score (nSPS) is 10.8. The van der Waals surface area contributed by atoms with E-state index >= 15 is 0 Å². The summed E-state index contributed by atoms with van der Waals surface area (Å²) in [5.74, 6) is 0.317. The minimum absolute atomic E-state index is 0.242. The van der Waals surface area contributed by atoms with Gasteiger partial charge in [-0.3, -0.25) is 4.79 Å². The maximum atomic E-state index is 12.7. The molecule has 0 spiro atoms. The van der Waals surface area contributed by atoms with Crippen LogP contribution in [0.2, 0.25) is 0 Å². The molecule has 172 valence electrons. The molecule has 0 unspecified atom stereocenters. The lowest BCUT2D eigenvalue weighted by Crippen LogP contribution is -2.18. The Kier molecular flexibility index (Phi) is 8.26. The highest BCUT2D eigenvalue weighted by atomic mass is 79.9. The summed E-state index contributed by atoms with van der Waals surface area (Å²) < 4.78 is 21.7. The first-order chi connectivity index (χ1) is 16.0. The summed E-state index contributed by atoms with van der Waals surface area (Å²) in [4.78, 5) is 24.3. The van der Waals surface area contributed by atoms with Crippen molar-refractivity contribution in [3.8, 4) is 17.2 Å². The van der Waals surface area contributed by atoms with Crippen LogP contribution in [0.4, 0.5) is 0 Å². The predicted molar refractivity (Wildman–Crippen MR) is 128 cm³/mol. The number of esters is 1. The first-order valence-corrected chi connectivity index (χ1v) is 10.8. The van der Waals surface area contributed by atoms with Crippen LogP contribution in [-0.4, -0.2) is 45.5 Å². The number of carbonyl (C=O) groups excluding carboxylic acids is 2. The van der Waals surface area contributed by atoms with Crippen LogP contribution in [0.5, 0.6) is 17.2 Å². The first kappa shape index (κ1) is 24.1. The second kappa shape index (κ2) is 11.3. The number of benzene rings is 3. The number of amides is 1. The fourth-order valence-corrected chi connectivity index (χ4v) is 3.47. The van der Waals surface area contributed by atoms with E-state index in [0.717, 1.165) is 10.8 Å². The monoisotopic (exact) mass is 514 g/mol. The van der Waals surface area contributed by atoms with Crippen molar-refractivity contribution in [1.29, 1.82) is 0 Å². The van der Waals surface area contributed by atoms with E-state index in [9.17, 15) is 9.59 Å². The van der Waals surface area contributed by atoms with Crippen LogP contribution >= 0.6 is 15.9 Å². The number of halogens is 1. The molecular weight excluding hydrogens is 492 g/mol. The Hall–Kier alpha value is -3.59. The van der Waals surface area contributed by atoms with E-state index in [2.05, 4.69) is 26.5 Å². The maximum absolute atomic E-state index is 12.7. The third-order valence-corrected chi connectivity index (χ3v) is 5.30. The van der Waals surface area contributed by atoms with Gasteiger partial charge in [0, 0.05) is 10.0 Å². The van der Waals surface area contributed by atoms with Crippen LogP contribution in [0.3, 0.4) is 0 Å². The Bertz CT molecular complexity index is 1200. The van der Waals surface area contributed by atoms with Gasteiger partial charge in [0.2, 0.25) is 0 Å². The molecule has 0 heterocycles. The van der Waals surface area contributed by atoms with E-state index in [-0.39, 0.29) is 13.2 Å². The molecule has 1 N–H and O–H groups in total.